The van der Waals surface area contributed by atoms with Gasteiger partial charge in [0.25, 0.3) is 0 Å². The van der Waals surface area contributed by atoms with E-state index in [-0.39, 0.29) is 24.3 Å². The molecule has 0 aromatic carbocycles. The number of nitrogens with zero attached hydrogens (tertiary/aromatic N) is 2. The largest absolute Gasteiger partial charge is 0.276 e. The fourth-order valence-corrected chi connectivity index (χ4v) is 4.18. The van der Waals surface area contributed by atoms with E-state index in [0.29, 0.717) is 12.0 Å². The highest BCUT2D eigenvalue weighted by Gasteiger charge is 2.40. The third kappa shape index (κ3) is 3.51. The van der Waals surface area contributed by atoms with Crippen LogP contribution in [-0.4, -0.2) is 29.9 Å². The van der Waals surface area contributed by atoms with Crippen molar-refractivity contribution in [2.45, 2.75) is 30.9 Å². The molecule has 1 aromatic heterocycles. The fourth-order valence-electron chi connectivity index (χ4n) is 2.40. The molecule has 1 aliphatic carbocycles. The Labute approximate surface area is 105 Å². The molecular weight excluding hydrogens is 262 g/mol. The summed E-state index contributed by atoms with van der Waals surface area (Å²) in [4.78, 5) is 0. The van der Waals surface area contributed by atoms with E-state index < -0.39 is 21.7 Å². The molecule has 1 aromatic rings. The molecule has 0 amide bonds. The minimum Gasteiger partial charge on any atom is -0.276 e. The van der Waals surface area contributed by atoms with E-state index in [0.717, 1.165) is 0 Å². The van der Waals surface area contributed by atoms with Crippen LogP contribution in [-0.2, 0) is 22.6 Å². The number of aromatic nitrogens is 2. The van der Waals surface area contributed by atoms with Gasteiger partial charge < -0.3 is 0 Å². The normalized spacial score (nSPS) is 23.4. The number of hydrogen-bond acceptors (Lipinski definition) is 3. The molecule has 4 nitrogen and oxygen atoms in total. The Kier molecular flexibility index (Phi) is 3.44. The third-order valence-electron chi connectivity index (χ3n) is 3.14. The van der Waals surface area contributed by atoms with Gasteiger partial charge in [0, 0.05) is 31.6 Å². The van der Waals surface area contributed by atoms with Gasteiger partial charge in [-0.25, -0.2) is 17.2 Å². The molecular formula is C11H16F2N2O2S. The van der Waals surface area contributed by atoms with Gasteiger partial charge in [0.2, 0.25) is 5.92 Å². The minimum atomic E-state index is -3.34. The lowest BCUT2D eigenvalue weighted by molar-refractivity contribution is 0.00592. The Morgan fingerprint density at radius 1 is 1.56 bits per heavy atom. The second kappa shape index (κ2) is 4.60. The van der Waals surface area contributed by atoms with Crippen LogP contribution in [0.4, 0.5) is 8.78 Å². The molecule has 1 atom stereocenters. The van der Waals surface area contributed by atoms with Crippen molar-refractivity contribution in [2.75, 3.05) is 5.75 Å². The first-order valence-corrected chi connectivity index (χ1v) is 7.64. The molecule has 7 heteroatoms. The summed E-state index contributed by atoms with van der Waals surface area (Å²) in [7, 11) is -1.64. The molecule has 18 heavy (non-hydrogen) atoms. The van der Waals surface area contributed by atoms with E-state index in [1.165, 1.54) is 10.9 Å². The van der Waals surface area contributed by atoms with Crippen LogP contribution in [0.1, 0.15) is 24.8 Å². The third-order valence-corrected chi connectivity index (χ3v) is 4.89. The molecule has 102 valence electrons. The van der Waals surface area contributed by atoms with Crippen LogP contribution >= 0.6 is 0 Å². The van der Waals surface area contributed by atoms with Crippen molar-refractivity contribution in [3.8, 4) is 0 Å². The number of sulfone groups is 1. The molecule has 0 spiro atoms. The zero-order valence-electron chi connectivity index (χ0n) is 10.1. The minimum absolute atomic E-state index is 0.122. The quantitative estimate of drug-likeness (QED) is 0.843. The molecule has 0 bridgehead atoms. The lowest BCUT2D eigenvalue weighted by Gasteiger charge is -2.10. The van der Waals surface area contributed by atoms with E-state index in [2.05, 4.69) is 5.10 Å². The molecule has 0 saturated heterocycles. The predicted octanol–water partition coefficient (Wildman–Crippen LogP) is 1.77. The number of halogens is 2. The average molecular weight is 278 g/mol. The monoisotopic (exact) mass is 278 g/mol. The Bertz CT molecular complexity index is 525. The van der Waals surface area contributed by atoms with E-state index in [4.69, 9.17) is 0 Å². The van der Waals surface area contributed by atoms with E-state index >= 15 is 0 Å². The van der Waals surface area contributed by atoms with Crippen LogP contribution in [0.3, 0.4) is 0 Å². The Morgan fingerprint density at radius 2 is 2.28 bits per heavy atom. The van der Waals surface area contributed by atoms with Crippen LogP contribution in [0, 0.1) is 5.92 Å². The highest BCUT2D eigenvalue weighted by molar-refractivity contribution is 7.90. The van der Waals surface area contributed by atoms with Crippen molar-refractivity contribution in [3.63, 3.8) is 0 Å². The average Bonchev–Trinajstić information content (AvgIpc) is 2.71. The van der Waals surface area contributed by atoms with Gasteiger partial charge in [-0.3, -0.25) is 4.68 Å². The lowest BCUT2D eigenvalue weighted by Crippen LogP contribution is -2.18. The van der Waals surface area contributed by atoms with Gasteiger partial charge in [-0.1, -0.05) is 0 Å². The summed E-state index contributed by atoms with van der Waals surface area (Å²) in [6.07, 6.45) is 2.90. The van der Waals surface area contributed by atoms with Gasteiger partial charge >= 0.3 is 0 Å². The molecule has 1 fully saturated rings. The molecule has 1 aliphatic rings. The maximum absolute atomic E-state index is 13.0. The molecule has 1 saturated carbocycles. The van der Waals surface area contributed by atoms with Crippen LogP contribution in [0.25, 0.3) is 0 Å². The Morgan fingerprint density at radius 3 is 2.78 bits per heavy atom. The van der Waals surface area contributed by atoms with Crippen LogP contribution in [0.2, 0.25) is 0 Å². The maximum Gasteiger partial charge on any atom is 0.248 e. The first kappa shape index (κ1) is 13.5. The van der Waals surface area contributed by atoms with Crippen molar-refractivity contribution in [1.29, 1.82) is 0 Å². The summed E-state index contributed by atoms with van der Waals surface area (Å²) in [5.74, 6) is -3.38. The molecule has 0 N–H and O–H groups in total. The van der Waals surface area contributed by atoms with Gasteiger partial charge in [0.15, 0.2) is 9.84 Å². The van der Waals surface area contributed by atoms with Gasteiger partial charge in [-0.15, -0.1) is 0 Å². The van der Waals surface area contributed by atoms with Crippen molar-refractivity contribution >= 4 is 9.84 Å². The molecule has 2 rings (SSSR count). The highest BCUT2D eigenvalue weighted by Crippen LogP contribution is 2.39. The SMILES string of the molecule is Cn1cc(CS(=O)(=O)CC2CCC(F)(F)C2)cn1. The number of hydrogen-bond donors (Lipinski definition) is 0. The van der Waals surface area contributed by atoms with E-state index in [1.54, 1.807) is 13.2 Å². The summed E-state index contributed by atoms with van der Waals surface area (Å²) < 4.78 is 51.3. The lowest BCUT2D eigenvalue weighted by atomic mass is 10.1. The van der Waals surface area contributed by atoms with E-state index in [1.807, 2.05) is 0 Å². The maximum atomic E-state index is 13.0. The summed E-state index contributed by atoms with van der Waals surface area (Å²) in [5, 5.41) is 3.89. The summed E-state index contributed by atoms with van der Waals surface area (Å²) >= 11 is 0. The summed E-state index contributed by atoms with van der Waals surface area (Å²) in [6.45, 7) is 0. The molecule has 1 unspecified atom stereocenters. The Hall–Kier alpha value is -0.980. The van der Waals surface area contributed by atoms with Crippen LogP contribution in [0.15, 0.2) is 12.4 Å². The van der Waals surface area contributed by atoms with Crippen LogP contribution < -0.4 is 0 Å². The second-order valence-corrected chi connectivity index (χ2v) is 7.15. The number of aryl methyl sites for hydroxylation is 1. The topological polar surface area (TPSA) is 52.0 Å². The van der Waals surface area contributed by atoms with Gasteiger partial charge in [-0.05, 0) is 12.3 Å². The smallest absolute Gasteiger partial charge is 0.248 e. The van der Waals surface area contributed by atoms with Crippen molar-refractivity contribution in [2.24, 2.45) is 13.0 Å². The summed E-state index contributed by atoms with van der Waals surface area (Å²) in [5.41, 5.74) is 0.599. The highest BCUT2D eigenvalue weighted by atomic mass is 32.2. The van der Waals surface area contributed by atoms with Gasteiger partial charge in [0.05, 0.1) is 17.7 Å². The molecule has 0 radical (unpaired) electrons. The van der Waals surface area contributed by atoms with Gasteiger partial charge in [-0.2, -0.15) is 5.10 Å². The van der Waals surface area contributed by atoms with E-state index in [9.17, 15) is 17.2 Å². The fraction of sp³-hybridized carbons (Fsp3) is 0.727. The molecule has 1 heterocycles. The summed E-state index contributed by atoms with van der Waals surface area (Å²) in [6, 6.07) is 0. The Balaban J connectivity index is 1.96. The number of rotatable bonds is 4. The zero-order chi connectivity index (χ0) is 13.4. The second-order valence-electron chi connectivity index (χ2n) is 5.04. The first-order valence-electron chi connectivity index (χ1n) is 5.82. The predicted molar refractivity (Wildman–Crippen MR) is 63.0 cm³/mol. The van der Waals surface area contributed by atoms with Crippen molar-refractivity contribution in [1.82, 2.24) is 9.78 Å². The first-order chi connectivity index (χ1) is 8.26. The number of alkyl halides is 2. The van der Waals surface area contributed by atoms with Crippen LogP contribution in [0.5, 0.6) is 0 Å². The zero-order valence-corrected chi connectivity index (χ0v) is 11.0. The standard InChI is InChI=1S/C11H16F2N2O2S/c1-15-6-10(5-14-15)8-18(16,17)7-9-2-3-11(12,13)4-9/h5-6,9H,2-4,7-8H2,1H3. The van der Waals surface area contributed by atoms with Crippen molar-refractivity contribution < 1.29 is 17.2 Å². The van der Waals surface area contributed by atoms with Crippen molar-refractivity contribution in [3.05, 3.63) is 18.0 Å². The molecule has 0 aliphatic heterocycles. The van der Waals surface area contributed by atoms with Gasteiger partial charge in [0.1, 0.15) is 0 Å².